The van der Waals surface area contributed by atoms with Crippen LogP contribution in [0.4, 0.5) is 4.79 Å². The standard InChI is InChI=1S/C15H22N2O2/c1-16(2)10-14-8-9-17(11-14)15(18)19-12-13-6-4-3-5-7-13/h3-7,14H,8-12H2,1-2H3/t14-/m1/s1. The Labute approximate surface area is 115 Å². The van der Waals surface area contributed by atoms with E-state index < -0.39 is 0 Å². The van der Waals surface area contributed by atoms with Crippen molar-refractivity contribution in [3.8, 4) is 0 Å². The van der Waals surface area contributed by atoms with Crippen molar-refractivity contribution in [3.63, 3.8) is 0 Å². The zero-order chi connectivity index (χ0) is 13.7. The van der Waals surface area contributed by atoms with Crippen molar-refractivity contribution in [2.24, 2.45) is 5.92 Å². The molecular weight excluding hydrogens is 240 g/mol. The van der Waals surface area contributed by atoms with Crippen LogP contribution in [0.25, 0.3) is 0 Å². The molecule has 0 radical (unpaired) electrons. The summed E-state index contributed by atoms with van der Waals surface area (Å²) in [4.78, 5) is 15.9. The predicted octanol–water partition coefficient (Wildman–Crippen LogP) is 2.21. The van der Waals surface area contributed by atoms with Crippen LogP contribution in [0.5, 0.6) is 0 Å². The number of amides is 1. The Morgan fingerprint density at radius 3 is 2.79 bits per heavy atom. The lowest BCUT2D eigenvalue weighted by Gasteiger charge is -2.18. The van der Waals surface area contributed by atoms with Crippen molar-refractivity contribution in [3.05, 3.63) is 35.9 Å². The monoisotopic (exact) mass is 262 g/mol. The highest BCUT2D eigenvalue weighted by Crippen LogP contribution is 2.18. The number of likely N-dealkylation sites (tertiary alicyclic amines) is 1. The molecule has 1 fully saturated rings. The topological polar surface area (TPSA) is 32.8 Å². The normalized spacial score (nSPS) is 18.9. The van der Waals surface area contributed by atoms with Crippen LogP contribution in [-0.4, -0.2) is 49.6 Å². The first kappa shape index (κ1) is 13.9. The third-order valence-electron chi connectivity index (χ3n) is 3.37. The number of benzene rings is 1. The molecule has 1 atom stereocenters. The van der Waals surface area contributed by atoms with E-state index in [0.717, 1.165) is 31.6 Å². The van der Waals surface area contributed by atoms with Gasteiger partial charge in [-0.1, -0.05) is 30.3 Å². The van der Waals surface area contributed by atoms with E-state index in [1.807, 2.05) is 35.2 Å². The van der Waals surface area contributed by atoms with Crippen LogP contribution in [0.1, 0.15) is 12.0 Å². The second-order valence-corrected chi connectivity index (χ2v) is 5.40. The van der Waals surface area contributed by atoms with Crippen molar-refractivity contribution in [2.45, 2.75) is 13.0 Å². The molecule has 19 heavy (non-hydrogen) atoms. The molecule has 4 nitrogen and oxygen atoms in total. The van der Waals surface area contributed by atoms with Crippen molar-refractivity contribution < 1.29 is 9.53 Å². The van der Waals surface area contributed by atoms with Crippen LogP contribution < -0.4 is 0 Å². The van der Waals surface area contributed by atoms with Gasteiger partial charge in [0.05, 0.1) is 0 Å². The molecule has 104 valence electrons. The molecule has 0 aliphatic carbocycles. The Kier molecular flexibility index (Phi) is 4.80. The summed E-state index contributed by atoms with van der Waals surface area (Å²) in [6.45, 7) is 3.01. The molecule has 1 amide bonds. The third kappa shape index (κ3) is 4.24. The maximum atomic E-state index is 11.9. The van der Waals surface area contributed by atoms with E-state index >= 15 is 0 Å². The molecule has 0 unspecified atom stereocenters. The number of carbonyl (C=O) groups excluding carboxylic acids is 1. The smallest absolute Gasteiger partial charge is 0.410 e. The minimum absolute atomic E-state index is 0.190. The van der Waals surface area contributed by atoms with Gasteiger partial charge in [-0.2, -0.15) is 0 Å². The number of hydrogen-bond acceptors (Lipinski definition) is 3. The van der Waals surface area contributed by atoms with Gasteiger partial charge in [-0.05, 0) is 32.0 Å². The van der Waals surface area contributed by atoms with Gasteiger partial charge < -0.3 is 14.5 Å². The van der Waals surface area contributed by atoms with Crippen LogP contribution in [0.3, 0.4) is 0 Å². The van der Waals surface area contributed by atoms with Gasteiger partial charge >= 0.3 is 6.09 Å². The molecule has 1 saturated heterocycles. The summed E-state index contributed by atoms with van der Waals surface area (Å²) in [5.41, 5.74) is 1.03. The van der Waals surface area contributed by atoms with E-state index in [4.69, 9.17) is 4.74 Å². The van der Waals surface area contributed by atoms with Crippen LogP contribution in [0, 0.1) is 5.92 Å². The Morgan fingerprint density at radius 2 is 2.11 bits per heavy atom. The fraction of sp³-hybridized carbons (Fsp3) is 0.533. The molecule has 0 bridgehead atoms. The quantitative estimate of drug-likeness (QED) is 0.834. The van der Waals surface area contributed by atoms with Gasteiger partial charge in [0.1, 0.15) is 6.61 Å². The highest BCUT2D eigenvalue weighted by molar-refractivity contribution is 5.68. The fourth-order valence-electron chi connectivity index (χ4n) is 2.47. The Balaban J connectivity index is 1.75. The first-order valence-corrected chi connectivity index (χ1v) is 6.75. The number of hydrogen-bond donors (Lipinski definition) is 0. The number of ether oxygens (including phenoxy) is 1. The minimum atomic E-state index is -0.190. The fourth-order valence-corrected chi connectivity index (χ4v) is 2.47. The molecule has 0 saturated carbocycles. The van der Waals surface area contributed by atoms with E-state index in [2.05, 4.69) is 19.0 Å². The molecular formula is C15H22N2O2. The largest absolute Gasteiger partial charge is 0.445 e. The van der Waals surface area contributed by atoms with Crippen LogP contribution in [-0.2, 0) is 11.3 Å². The summed E-state index contributed by atoms with van der Waals surface area (Å²) >= 11 is 0. The predicted molar refractivity (Wildman–Crippen MR) is 74.9 cm³/mol. The maximum Gasteiger partial charge on any atom is 0.410 e. The van der Waals surface area contributed by atoms with Gasteiger partial charge in [0.15, 0.2) is 0 Å². The second-order valence-electron chi connectivity index (χ2n) is 5.40. The molecule has 2 rings (SSSR count). The van der Waals surface area contributed by atoms with Crippen LogP contribution in [0.2, 0.25) is 0 Å². The Hall–Kier alpha value is -1.55. The lowest BCUT2D eigenvalue weighted by Crippen LogP contribution is -2.31. The molecule has 1 aliphatic rings. The van der Waals surface area contributed by atoms with Gasteiger partial charge in [-0.3, -0.25) is 0 Å². The molecule has 0 spiro atoms. The summed E-state index contributed by atoms with van der Waals surface area (Å²) < 4.78 is 5.34. The molecule has 1 aromatic carbocycles. The summed E-state index contributed by atoms with van der Waals surface area (Å²) in [5, 5.41) is 0. The molecule has 4 heteroatoms. The van der Waals surface area contributed by atoms with Crippen molar-refractivity contribution in [2.75, 3.05) is 33.7 Å². The lowest BCUT2D eigenvalue weighted by atomic mass is 10.1. The van der Waals surface area contributed by atoms with E-state index in [1.165, 1.54) is 0 Å². The van der Waals surface area contributed by atoms with E-state index in [-0.39, 0.29) is 6.09 Å². The summed E-state index contributed by atoms with van der Waals surface area (Å²) in [6, 6.07) is 9.79. The van der Waals surface area contributed by atoms with Crippen molar-refractivity contribution in [1.29, 1.82) is 0 Å². The maximum absolute atomic E-state index is 11.9. The Bertz CT molecular complexity index is 406. The van der Waals surface area contributed by atoms with E-state index in [9.17, 15) is 4.79 Å². The van der Waals surface area contributed by atoms with Crippen molar-refractivity contribution >= 4 is 6.09 Å². The highest BCUT2D eigenvalue weighted by Gasteiger charge is 2.27. The first-order valence-electron chi connectivity index (χ1n) is 6.75. The lowest BCUT2D eigenvalue weighted by molar-refractivity contribution is 0.102. The molecule has 0 aromatic heterocycles. The van der Waals surface area contributed by atoms with Gasteiger partial charge in [0, 0.05) is 19.6 Å². The zero-order valence-corrected chi connectivity index (χ0v) is 11.7. The molecule has 1 aromatic rings. The molecule has 1 heterocycles. The first-order chi connectivity index (χ1) is 9.15. The summed E-state index contributed by atoms with van der Waals surface area (Å²) in [5.74, 6) is 0.569. The van der Waals surface area contributed by atoms with Gasteiger partial charge in [-0.15, -0.1) is 0 Å². The molecule has 0 N–H and O–H groups in total. The van der Waals surface area contributed by atoms with Crippen LogP contribution in [0.15, 0.2) is 30.3 Å². The Morgan fingerprint density at radius 1 is 1.37 bits per heavy atom. The summed E-state index contributed by atoms with van der Waals surface area (Å²) in [7, 11) is 4.13. The van der Waals surface area contributed by atoms with Gasteiger partial charge in [0.2, 0.25) is 0 Å². The average Bonchev–Trinajstić information content (AvgIpc) is 2.85. The highest BCUT2D eigenvalue weighted by atomic mass is 16.6. The zero-order valence-electron chi connectivity index (χ0n) is 11.7. The second kappa shape index (κ2) is 6.57. The van der Waals surface area contributed by atoms with Crippen molar-refractivity contribution in [1.82, 2.24) is 9.80 Å². The summed E-state index contributed by atoms with van der Waals surface area (Å²) in [6.07, 6.45) is 0.878. The number of rotatable bonds is 4. The number of carbonyl (C=O) groups is 1. The molecule has 1 aliphatic heterocycles. The average molecular weight is 262 g/mol. The van der Waals surface area contributed by atoms with Gasteiger partial charge in [-0.25, -0.2) is 4.79 Å². The van der Waals surface area contributed by atoms with E-state index in [1.54, 1.807) is 0 Å². The minimum Gasteiger partial charge on any atom is -0.445 e. The SMILES string of the molecule is CN(C)C[C@H]1CCN(C(=O)OCc2ccccc2)C1. The van der Waals surface area contributed by atoms with Crippen LogP contribution >= 0.6 is 0 Å². The third-order valence-corrected chi connectivity index (χ3v) is 3.37. The van der Waals surface area contributed by atoms with E-state index in [0.29, 0.717) is 12.5 Å². The van der Waals surface area contributed by atoms with Gasteiger partial charge in [0.25, 0.3) is 0 Å². The number of nitrogens with zero attached hydrogens (tertiary/aromatic N) is 2.